The Balaban J connectivity index is 2.04. The quantitative estimate of drug-likeness (QED) is 0.844. The van der Waals surface area contributed by atoms with E-state index in [2.05, 4.69) is 17.5 Å². The molecule has 0 bridgehead atoms. The second kappa shape index (κ2) is 4.05. The second-order valence-electron chi connectivity index (χ2n) is 4.77. The largest absolute Gasteiger partial charge is 0.493 e. The highest BCUT2D eigenvalue weighted by Gasteiger charge is 2.17. The van der Waals surface area contributed by atoms with Crippen molar-refractivity contribution in [2.75, 3.05) is 18.5 Å². The fourth-order valence-corrected chi connectivity index (χ4v) is 1.66. The van der Waals surface area contributed by atoms with E-state index in [1.165, 1.54) is 5.56 Å². The fourth-order valence-electron chi connectivity index (χ4n) is 1.66. The Kier molecular flexibility index (Phi) is 2.74. The summed E-state index contributed by atoms with van der Waals surface area (Å²) in [7, 11) is 0. The van der Waals surface area contributed by atoms with Gasteiger partial charge < -0.3 is 10.1 Å². The predicted molar refractivity (Wildman–Crippen MR) is 63.5 cm³/mol. The first-order valence-corrected chi connectivity index (χ1v) is 5.52. The molecule has 1 aromatic rings. The van der Waals surface area contributed by atoms with E-state index in [9.17, 15) is 0 Å². The monoisotopic (exact) mass is 216 g/mol. The number of ether oxygens (including phenoxy) is 1. The van der Waals surface area contributed by atoms with Crippen LogP contribution < -0.4 is 10.1 Å². The summed E-state index contributed by atoms with van der Waals surface area (Å²) >= 11 is 0. The van der Waals surface area contributed by atoms with Crippen LogP contribution in [0, 0.1) is 16.7 Å². The maximum absolute atomic E-state index is 8.92. The van der Waals surface area contributed by atoms with Gasteiger partial charge in [-0.15, -0.1) is 0 Å². The smallest absolute Gasteiger partial charge is 0.122 e. The number of hydrogen-bond donors (Lipinski definition) is 1. The van der Waals surface area contributed by atoms with Crippen molar-refractivity contribution in [3.05, 3.63) is 23.8 Å². The Hall–Kier alpha value is -1.69. The van der Waals surface area contributed by atoms with Crippen LogP contribution in [0.5, 0.6) is 5.75 Å². The number of nitriles is 1. The molecule has 1 aliphatic heterocycles. The van der Waals surface area contributed by atoms with Crippen molar-refractivity contribution >= 4 is 5.69 Å². The van der Waals surface area contributed by atoms with Gasteiger partial charge >= 0.3 is 0 Å². The van der Waals surface area contributed by atoms with Gasteiger partial charge in [-0.05, 0) is 37.6 Å². The van der Waals surface area contributed by atoms with Gasteiger partial charge in [0.15, 0.2) is 0 Å². The highest BCUT2D eigenvalue weighted by molar-refractivity contribution is 5.52. The lowest BCUT2D eigenvalue weighted by Gasteiger charge is -2.17. The molecule has 0 fully saturated rings. The van der Waals surface area contributed by atoms with Crippen molar-refractivity contribution in [2.45, 2.75) is 20.3 Å². The average Bonchev–Trinajstić information content (AvgIpc) is 2.73. The molecule has 1 aliphatic rings. The summed E-state index contributed by atoms with van der Waals surface area (Å²) in [6, 6.07) is 8.37. The summed E-state index contributed by atoms with van der Waals surface area (Å²) in [6.07, 6.45) is 0.979. The molecule has 0 atom stereocenters. The molecule has 2 rings (SSSR count). The molecule has 0 spiro atoms. The number of benzene rings is 1. The molecule has 1 aromatic carbocycles. The Morgan fingerprint density at radius 1 is 1.50 bits per heavy atom. The first-order valence-electron chi connectivity index (χ1n) is 5.52. The van der Waals surface area contributed by atoms with E-state index in [1.54, 1.807) is 0 Å². The van der Waals surface area contributed by atoms with Gasteiger partial charge in [0.05, 0.1) is 18.1 Å². The number of hydrogen-bond acceptors (Lipinski definition) is 3. The third kappa shape index (κ3) is 2.27. The minimum Gasteiger partial charge on any atom is -0.493 e. The van der Waals surface area contributed by atoms with E-state index < -0.39 is 0 Å². The van der Waals surface area contributed by atoms with Crippen LogP contribution in [0.3, 0.4) is 0 Å². The van der Waals surface area contributed by atoms with E-state index in [0.717, 1.165) is 24.5 Å². The summed E-state index contributed by atoms with van der Waals surface area (Å²) < 4.78 is 5.44. The van der Waals surface area contributed by atoms with Crippen molar-refractivity contribution < 1.29 is 4.74 Å². The third-order valence-corrected chi connectivity index (χ3v) is 2.73. The van der Waals surface area contributed by atoms with Gasteiger partial charge in [0.2, 0.25) is 0 Å². The zero-order valence-electron chi connectivity index (χ0n) is 9.71. The van der Waals surface area contributed by atoms with E-state index in [4.69, 9.17) is 10.00 Å². The van der Waals surface area contributed by atoms with Crippen LogP contribution in [0.4, 0.5) is 5.69 Å². The van der Waals surface area contributed by atoms with Crippen LogP contribution in [0.2, 0.25) is 0 Å². The molecule has 84 valence electrons. The zero-order valence-corrected chi connectivity index (χ0v) is 9.71. The molecule has 1 N–H and O–H groups in total. The van der Waals surface area contributed by atoms with Crippen molar-refractivity contribution in [1.29, 1.82) is 5.26 Å². The van der Waals surface area contributed by atoms with Gasteiger partial charge in [0.1, 0.15) is 5.75 Å². The predicted octanol–water partition coefficient (Wildman–Crippen LogP) is 2.58. The number of nitrogens with zero attached hydrogens (tertiary/aromatic N) is 1. The van der Waals surface area contributed by atoms with Crippen molar-refractivity contribution in [1.82, 2.24) is 0 Å². The summed E-state index contributed by atoms with van der Waals surface area (Å²) in [6.45, 7) is 5.29. The molecule has 0 saturated carbocycles. The lowest BCUT2D eigenvalue weighted by atomic mass is 9.96. The van der Waals surface area contributed by atoms with Gasteiger partial charge in [-0.3, -0.25) is 0 Å². The minimum absolute atomic E-state index is 0.338. The molecule has 0 unspecified atom stereocenters. The average molecular weight is 216 g/mol. The number of anilines is 1. The number of nitrogens with one attached hydrogen (secondary N) is 1. The molecular weight excluding hydrogens is 200 g/mol. The highest BCUT2D eigenvalue weighted by atomic mass is 16.5. The molecular formula is C13H16N2O. The summed E-state index contributed by atoms with van der Waals surface area (Å²) in [5.41, 5.74) is 1.97. The van der Waals surface area contributed by atoms with Gasteiger partial charge in [-0.25, -0.2) is 0 Å². The van der Waals surface area contributed by atoms with Gasteiger partial charge in [-0.1, -0.05) is 0 Å². The molecule has 3 nitrogen and oxygen atoms in total. The van der Waals surface area contributed by atoms with Gasteiger partial charge in [0.25, 0.3) is 0 Å². The first-order chi connectivity index (χ1) is 7.61. The van der Waals surface area contributed by atoms with E-state index >= 15 is 0 Å². The van der Waals surface area contributed by atoms with E-state index in [0.29, 0.717) is 6.54 Å². The minimum atomic E-state index is -0.338. The second-order valence-corrected chi connectivity index (χ2v) is 4.77. The van der Waals surface area contributed by atoms with Gasteiger partial charge in [0, 0.05) is 18.7 Å². The molecule has 1 heterocycles. The molecule has 0 radical (unpaired) electrons. The number of fused-ring (bicyclic) bond motifs is 1. The normalized spacial score (nSPS) is 13.8. The van der Waals surface area contributed by atoms with Crippen LogP contribution in [-0.4, -0.2) is 13.2 Å². The Bertz CT molecular complexity index is 432. The maximum Gasteiger partial charge on any atom is 0.122 e. The maximum atomic E-state index is 8.92. The van der Waals surface area contributed by atoms with Crippen LogP contribution in [0.1, 0.15) is 19.4 Å². The molecule has 0 saturated heterocycles. The first kappa shape index (κ1) is 10.8. The SMILES string of the molecule is CC(C)(C#N)CNc1ccc2c(c1)CCO2. The van der Waals surface area contributed by atoms with Crippen LogP contribution >= 0.6 is 0 Å². The fraction of sp³-hybridized carbons (Fsp3) is 0.462. The van der Waals surface area contributed by atoms with E-state index in [1.807, 2.05) is 26.0 Å². The third-order valence-electron chi connectivity index (χ3n) is 2.73. The Labute approximate surface area is 96.0 Å². The topological polar surface area (TPSA) is 45.0 Å². The molecule has 0 aromatic heterocycles. The van der Waals surface area contributed by atoms with Crippen molar-refractivity contribution in [3.8, 4) is 11.8 Å². The summed E-state index contributed by atoms with van der Waals surface area (Å²) in [5.74, 6) is 0.991. The van der Waals surface area contributed by atoms with Crippen molar-refractivity contribution in [2.24, 2.45) is 5.41 Å². The summed E-state index contributed by atoms with van der Waals surface area (Å²) in [4.78, 5) is 0. The summed E-state index contributed by atoms with van der Waals surface area (Å²) in [5, 5.41) is 12.2. The van der Waals surface area contributed by atoms with Crippen molar-refractivity contribution in [3.63, 3.8) is 0 Å². The lowest BCUT2D eigenvalue weighted by Crippen LogP contribution is -2.20. The van der Waals surface area contributed by atoms with Gasteiger partial charge in [-0.2, -0.15) is 5.26 Å². The Morgan fingerprint density at radius 3 is 3.06 bits per heavy atom. The van der Waals surface area contributed by atoms with Crippen LogP contribution in [0.15, 0.2) is 18.2 Å². The molecule has 0 amide bonds. The lowest BCUT2D eigenvalue weighted by molar-refractivity contribution is 0.357. The zero-order chi connectivity index (χ0) is 11.6. The number of rotatable bonds is 3. The standard InChI is InChI=1S/C13H16N2O/c1-13(2,8-14)9-15-11-3-4-12-10(7-11)5-6-16-12/h3-4,7,15H,5-6,9H2,1-2H3. The highest BCUT2D eigenvalue weighted by Crippen LogP contribution is 2.28. The van der Waals surface area contributed by atoms with E-state index in [-0.39, 0.29) is 5.41 Å². The Morgan fingerprint density at radius 2 is 2.31 bits per heavy atom. The molecule has 16 heavy (non-hydrogen) atoms. The van der Waals surface area contributed by atoms with Crippen LogP contribution in [-0.2, 0) is 6.42 Å². The molecule has 3 heteroatoms. The molecule has 0 aliphatic carbocycles. The van der Waals surface area contributed by atoms with Crippen LogP contribution in [0.25, 0.3) is 0 Å².